The number of alkyl halides is 3. The smallest absolute Gasteiger partial charge is 0.308 e. The molecule has 0 amide bonds. The number of para-hydroxylation sites is 1. The fourth-order valence-electron chi connectivity index (χ4n) is 1.82. The second-order valence-electron chi connectivity index (χ2n) is 4.22. The van der Waals surface area contributed by atoms with Crippen molar-refractivity contribution in [1.29, 1.82) is 0 Å². The molecule has 0 saturated carbocycles. The van der Waals surface area contributed by atoms with E-state index in [0.29, 0.717) is 0 Å². The summed E-state index contributed by atoms with van der Waals surface area (Å²) in [5.74, 6) is 2.61. The summed E-state index contributed by atoms with van der Waals surface area (Å²) in [5, 5.41) is 0. The van der Waals surface area contributed by atoms with Crippen LogP contribution in [0.1, 0.15) is 11.1 Å². The summed E-state index contributed by atoms with van der Waals surface area (Å²) in [6.07, 6.45) is -4.66. The van der Waals surface area contributed by atoms with Gasteiger partial charge in [0.25, 0.3) is 0 Å². The third-order valence-electron chi connectivity index (χ3n) is 2.78. The van der Waals surface area contributed by atoms with E-state index in [-0.39, 0.29) is 0 Å². The summed E-state index contributed by atoms with van der Waals surface area (Å²) in [5.41, 5.74) is -0.258. The van der Waals surface area contributed by atoms with Gasteiger partial charge in [0.15, 0.2) is 5.84 Å². The first-order chi connectivity index (χ1) is 10.3. The van der Waals surface area contributed by atoms with Crippen molar-refractivity contribution in [2.75, 3.05) is 0 Å². The molecule has 116 valence electrons. The average Bonchev–Trinajstić information content (AvgIpc) is 2.45. The zero-order valence-corrected chi connectivity index (χ0v) is 11.0. The van der Waals surface area contributed by atoms with Gasteiger partial charge in [0, 0.05) is 0 Å². The van der Waals surface area contributed by atoms with Gasteiger partial charge in [-0.15, -0.1) is 0 Å². The molecule has 0 unspecified atom stereocenters. The van der Waals surface area contributed by atoms with E-state index < -0.39 is 40.5 Å². The zero-order chi connectivity index (χ0) is 16.3. The number of hydrazine groups is 1. The Morgan fingerprint density at radius 2 is 1.55 bits per heavy atom. The summed E-state index contributed by atoms with van der Waals surface area (Å²) in [6, 6.07) is 7.39. The quantitative estimate of drug-likeness (QED) is 0.293. The molecule has 0 saturated heterocycles. The topological polar surface area (TPSA) is 50.4 Å². The number of hydrogen-bond acceptors (Lipinski definition) is 2. The lowest BCUT2D eigenvalue weighted by molar-refractivity contribution is -0.137. The molecule has 2 aromatic rings. The van der Waals surface area contributed by atoms with Crippen LogP contribution in [0, 0.1) is 11.6 Å². The number of aliphatic imine (C=N–C) groups is 1. The Hall–Kier alpha value is -2.48. The molecular formula is C14H10F5N3. The molecule has 3 N–H and O–H groups in total. The lowest BCUT2D eigenvalue weighted by Gasteiger charge is -2.12. The van der Waals surface area contributed by atoms with Gasteiger partial charge >= 0.3 is 6.18 Å². The molecule has 0 aliphatic heterocycles. The average molecular weight is 315 g/mol. The zero-order valence-electron chi connectivity index (χ0n) is 11.0. The Labute approximate surface area is 122 Å². The Kier molecular flexibility index (Phi) is 4.41. The minimum atomic E-state index is -4.66. The van der Waals surface area contributed by atoms with Gasteiger partial charge in [-0.25, -0.2) is 19.6 Å². The molecule has 0 aromatic heterocycles. The van der Waals surface area contributed by atoms with E-state index in [4.69, 9.17) is 5.84 Å². The maximum atomic E-state index is 13.7. The lowest BCUT2D eigenvalue weighted by atomic mass is 10.1. The van der Waals surface area contributed by atoms with Crippen molar-refractivity contribution in [3.05, 3.63) is 65.2 Å². The fraction of sp³-hybridized carbons (Fsp3) is 0.0714. The predicted molar refractivity (Wildman–Crippen MR) is 71.3 cm³/mol. The lowest BCUT2D eigenvalue weighted by Crippen LogP contribution is -2.32. The van der Waals surface area contributed by atoms with E-state index in [1.54, 1.807) is 0 Å². The van der Waals surface area contributed by atoms with Gasteiger partial charge in [0.2, 0.25) is 0 Å². The van der Waals surface area contributed by atoms with Crippen molar-refractivity contribution >= 4 is 11.5 Å². The molecule has 3 nitrogen and oxygen atoms in total. The number of amidine groups is 1. The van der Waals surface area contributed by atoms with Gasteiger partial charge in [0.1, 0.15) is 11.6 Å². The SMILES string of the molecule is NNC(=Nc1ccccc1C(F)(F)F)c1c(F)cccc1F. The molecule has 0 heterocycles. The van der Waals surface area contributed by atoms with Gasteiger partial charge in [-0.2, -0.15) is 13.2 Å². The fourth-order valence-corrected chi connectivity index (χ4v) is 1.82. The highest BCUT2D eigenvalue weighted by Gasteiger charge is 2.33. The molecule has 2 aromatic carbocycles. The molecule has 0 atom stereocenters. The summed E-state index contributed by atoms with van der Waals surface area (Å²) >= 11 is 0. The van der Waals surface area contributed by atoms with Crippen molar-refractivity contribution in [3.8, 4) is 0 Å². The second kappa shape index (κ2) is 6.10. The van der Waals surface area contributed by atoms with Crippen molar-refractivity contribution in [1.82, 2.24) is 5.43 Å². The number of nitrogens with two attached hydrogens (primary N) is 1. The van der Waals surface area contributed by atoms with E-state index in [2.05, 4.69) is 4.99 Å². The van der Waals surface area contributed by atoms with Gasteiger partial charge in [-0.1, -0.05) is 18.2 Å². The number of nitrogens with zero attached hydrogens (tertiary/aromatic N) is 1. The molecular weight excluding hydrogens is 305 g/mol. The van der Waals surface area contributed by atoms with Crippen LogP contribution in [0.4, 0.5) is 27.6 Å². The van der Waals surface area contributed by atoms with Crippen LogP contribution < -0.4 is 11.3 Å². The molecule has 8 heteroatoms. The molecule has 0 bridgehead atoms. The minimum Gasteiger partial charge on any atom is -0.308 e. The third kappa shape index (κ3) is 3.22. The highest BCUT2D eigenvalue weighted by Crippen LogP contribution is 2.36. The van der Waals surface area contributed by atoms with Crippen LogP contribution in [-0.4, -0.2) is 5.84 Å². The first-order valence-corrected chi connectivity index (χ1v) is 6.00. The number of hydrogen-bond donors (Lipinski definition) is 2. The van der Waals surface area contributed by atoms with Crippen LogP contribution >= 0.6 is 0 Å². The number of nitrogens with one attached hydrogen (secondary N) is 1. The Morgan fingerprint density at radius 1 is 0.955 bits per heavy atom. The molecule has 0 aliphatic rings. The summed E-state index contributed by atoms with van der Waals surface area (Å²) in [4.78, 5) is 3.62. The maximum absolute atomic E-state index is 13.7. The standard InChI is InChI=1S/C14H10F5N3/c15-9-5-3-6-10(16)12(9)13(22-20)21-11-7-2-1-4-8(11)14(17,18)19/h1-7H,20H2,(H,21,22). The Bertz CT molecular complexity index is 690. The maximum Gasteiger partial charge on any atom is 0.418 e. The van der Waals surface area contributed by atoms with Gasteiger partial charge in [-0.05, 0) is 24.3 Å². The van der Waals surface area contributed by atoms with Crippen molar-refractivity contribution in [3.63, 3.8) is 0 Å². The van der Waals surface area contributed by atoms with Gasteiger partial charge < -0.3 is 5.43 Å². The second-order valence-corrected chi connectivity index (χ2v) is 4.22. The number of rotatable bonds is 2. The summed E-state index contributed by atoms with van der Waals surface area (Å²) in [6.45, 7) is 0. The predicted octanol–water partition coefficient (Wildman–Crippen LogP) is 3.53. The van der Waals surface area contributed by atoms with Crippen LogP contribution in [0.5, 0.6) is 0 Å². The number of benzene rings is 2. The Balaban J connectivity index is 2.61. The Morgan fingerprint density at radius 3 is 2.09 bits per heavy atom. The normalized spacial score (nSPS) is 12.4. The molecule has 2 rings (SSSR count). The van der Waals surface area contributed by atoms with Crippen molar-refractivity contribution in [2.24, 2.45) is 10.8 Å². The van der Waals surface area contributed by atoms with E-state index in [1.165, 1.54) is 12.1 Å². The van der Waals surface area contributed by atoms with Gasteiger partial charge in [0.05, 0.1) is 16.8 Å². The van der Waals surface area contributed by atoms with Crippen molar-refractivity contribution in [2.45, 2.75) is 6.18 Å². The summed E-state index contributed by atoms with van der Waals surface area (Å²) < 4.78 is 66.1. The van der Waals surface area contributed by atoms with Crippen LogP contribution in [0.2, 0.25) is 0 Å². The third-order valence-corrected chi connectivity index (χ3v) is 2.78. The first kappa shape index (κ1) is 15.9. The highest BCUT2D eigenvalue weighted by atomic mass is 19.4. The monoisotopic (exact) mass is 315 g/mol. The van der Waals surface area contributed by atoms with Crippen LogP contribution in [0.25, 0.3) is 0 Å². The number of halogens is 5. The molecule has 22 heavy (non-hydrogen) atoms. The van der Waals surface area contributed by atoms with E-state index in [1.807, 2.05) is 5.43 Å². The van der Waals surface area contributed by atoms with E-state index >= 15 is 0 Å². The van der Waals surface area contributed by atoms with Crippen LogP contribution in [0.15, 0.2) is 47.5 Å². The van der Waals surface area contributed by atoms with E-state index in [9.17, 15) is 22.0 Å². The van der Waals surface area contributed by atoms with Crippen molar-refractivity contribution < 1.29 is 22.0 Å². The van der Waals surface area contributed by atoms with Gasteiger partial charge in [-0.3, -0.25) is 0 Å². The minimum absolute atomic E-state index is 0.509. The highest BCUT2D eigenvalue weighted by molar-refractivity contribution is 6.00. The molecule has 0 radical (unpaired) electrons. The largest absolute Gasteiger partial charge is 0.418 e. The first-order valence-electron chi connectivity index (χ1n) is 6.00. The molecule has 0 fully saturated rings. The molecule has 0 spiro atoms. The summed E-state index contributed by atoms with van der Waals surface area (Å²) in [7, 11) is 0. The van der Waals surface area contributed by atoms with E-state index in [0.717, 1.165) is 30.3 Å². The van der Waals surface area contributed by atoms with Crippen LogP contribution in [0.3, 0.4) is 0 Å². The molecule has 0 aliphatic carbocycles. The van der Waals surface area contributed by atoms with Crippen LogP contribution in [-0.2, 0) is 6.18 Å².